The third-order valence-electron chi connectivity index (χ3n) is 6.87. The van der Waals surface area contributed by atoms with Crippen LogP contribution in [0.3, 0.4) is 0 Å². The number of rotatable bonds is 8. The van der Waals surface area contributed by atoms with Crippen molar-refractivity contribution in [3.05, 3.63) is 34.0 Å². The quantitative estimate of drug-likeness (QED) is 0.461. The molecular formula is C26H34N4O4S. The molecule has 0 atom stereocenters. The molecule has 0 amide bonds. The van der Waals surface area contributed by atoms with Crippen LogP contribution in [0.15, 0.2) is 12.1 Å². The third-order valence-corrected chi connectivity index (χ3v) is 8.05. The molecule has 0 unspecified atom stereocenters. The Morgan fingerprint density at radius 1 is 1.00 bits per heavy atom. The van der Waals surface area contributed by atoms with E-state index in [-0.39, 0.29) is 0 Å². The summed E-state index contributed by atoms with van der Waals surface area (Å²) in [6.07, 6.45) is 4.72. The van der Waals surface area contributed by atoms with E-state index in [9.17, 15) is 0 Å². The molecular weight excluding hydrogens is 464 g/mol. The number of anilines is 1. The minimum Gasteiger partial charge on any atom is -0.493 e. The Balaban J connectivity index is 1.54. The van der Waals surface area contributed by atoms with Crippen LogP contribution in [-0.2, 0) is 30.7 Å². The summed E-state index contributed by atoms with van der Waals surface area (Å²) in [6.45, 7) is 4.72. The Bertz CT molecular complexity index is 1190. The number of benzene rings is 1. The maximum atomic E-state index is 5.75. The highest BCUT2D eigenvalue weighted by atomic mass is 32.1. The van der Waals surface area contributed by atoms with E-state index in [1.54, 1.807) is 21.3 Å². The maximum Gasteiger partial charge on any atom is 0.203 e. The first-order valence-corrected chi connectivity index (χ1v) is 13.0. The van der Waals surface area contributed by atoms with Crippen molar-refractivity contribution in [3.63, 3.8) is 0 Å². The average Bonchev–Trinajstić information content (AvgIpc) is 3.26. The molecule has 35 heavy (non-hydrogen) atoms. The number of aryl methyl sites for hydroxylation is 2. The average molecular weight is 499 g/mol. The number of ether oxygens (including phenoxy) is 4. The van der Waals surface area contributed by atoms with Crippen molar-refractivity contribution in [2.24, 2.45) is 0 Å². The fourth-order valence-corrected chi connectivity index (χ4v) is 6.38. The van der Waals surface area contributed by atoms with Crippen molar-refractivity contribution in [1.29, 1.82) is 0 Å². The van der Waals surface area contributed by atoms with E-state index in [0.717, 1.165) is 67.7 Å². The normalized spacial score (nSPS) is 16.2. The Kier molecular flexibility index (Phi) is 7.27. The van der Waals surface area contributed by atoms with Gasteiger partial charge in [0, 0.05) is 37.1 Å². The summed E-state index contributed by atoms with van der Waals surface area (Å²) in [5.74, 6) is 3.81. The fourth-order valence-electron chi connectivity index (χ4n) is 5.11. The van der Waals surface area contributed by atoms with Gasteiger partial charge in [0.15, 0.2) is 11.5 Å². The van der Waals surface area contributed by atoms with Gasteiger partial charge in [0.05, 0.1) is 46.5 Å². The number of thiophene rings is 1. The number of morpholine rings is 1. The third kappa shape index (κ3) is 4.77. The van der Waals surface area contributed by atoms with Crippen LogP contribution >= 0.6 is 11.3 Å². The zero-order chi connectivity index (χ0) is 24.4. The Morgan fingerprint density at radius 3 is 2.51 bits per heavy atom. The number of hydrogen-bond donors (Lipinski definition) is 0. The van der Waals surface area contributed by atoms with E-state index in [1.807, 2.05) is 23.5 Å². The summed E-state index contributed by atoms with van der Waals surface area (Å²) in [4.78, 5) is 17.4. The van der Waals surface area contributed by atoms with Crippen molar-refractivity contribution in [1.82, 2.24) is 14.9 Å². The predicted molar refractivity (Wildman–Crippen MR) is 138 cm³/mol. The number of nitrogens with zero attached hydrogens (tertiary/aromatic N) is 4. The van der Waals surface area contributed by atoms with Crippen LogP contribution in [-0.4, -0.2) is 69.5 Å². The number of hydrogen-bond acceptors (Lipinski definition) is 9. The zero-order valence-electron chi connectivity index (χ0n) is 21.1. The van der Waals surface area contributed by atoms with Gasteiger partial charge in [-0.3, -0.25) is 4.90 Å². The Morgan fingerprint density at radius 2 is 1.77 bits per heavy atom. The van der Waals surface area contributed by atoms with Crippen LogP contribution < -0.4 is 19.1 Å². The van der Waals surface area contributed by atoms with Crippen molar-refractivity contribution in [3.8, 4) is 17.2 Å². The molecule has 3 heterocycles. The molecule has 3 aromatic rings. The first-order chi connectivity index (χ1) is 17.1. The van der Waals surface area contributed by atoms with E-state index in [2.05, 4.69) is 16.8 Å². The minimum atomic E-state index is 0.606. The van der Waals surface area contributed by atoms with Gasteiger partial charge in [-0.15, -0.1) is 11.3 Å². The van der Waals surface area contributed by atoms with Crippen molar-refractivity contribution < 1.29 is 18.9 Å². The number of aromatic nitrogens is 2. The first-order valence-electron chi connectivity index (χ1n) is 12.2. The molecule has 0 radical (unpaired) electrons. The summed E-state index contributed by atoms with van der Waals surface area (Å²) in [6, 6.07) is 3.96. The van der Waals surface area contributed by atoms with Gasteiger partial charge in [-0.1, -0.05) is 0 Å². The lowest BCUT2D eigenvalue weighted by molar-refractivity contribution is 0.0331. The molecule has 5 rings (SSSR count). The lowest BCUT2D eigenvalue weighted by atomic mass is 9.97. The van der Waals surface area contributed by atoms with Gasteiger partial charge in [0.1, 0.15) is 16.5 Å². The fraction of sp³-hybridized carbons (Fsp3) is 0.538. The van der Waals surface area contributed by atoms with Gasteiger partial charge < -0.3 is 23.8 Å². The molecule has 0 spiro atoms. The zero-order valence-corrected chi connectivity index (χ0v) is 21.9. The maximum absolute atomic E-state index is 5.75. The van der Waals surface area contributed by atoms with E-state index >= 15 is 0 Å². The van der Waals surface area contributed by atoms with Gasteiger partial charge in [-0.05, 0) is 43.4 Å². The second kappa shape index (κ2) is 10.6. The molecule has 1 aliphatic heterocycles. The first kappa shape index (κ1) is 24.1. The second-order valence-corrected chi connectivity index (χ2v) is 10.2. The van der Waals surface area contributed by atoms with Gasteiger partial charge in [-0.25, -0.2) is 9.97 Å². The molecule has 1 aliphatic carbocycles. The van der Waals surface area contributed by atoms with Crippen LogP contribution in [0.2, 0.25) is 0 Å². The Labute approximate surface area is 210 Å². The molecule has 0 N–H and O–H groups in total. The highest BCUT2D eigenvalue weighted by Crippen LogP contribution is 2.42. The minimum absolute atomic E-state index is 0.606. The van der Waals surface area contributed by atoms with Crippen LogP contribution in [0.25, 0.3) is 10.2 Å². The van der Waals surface area contributed by atoms with Crippen LogP contribution in [0.5, 0.6) is 17.2 Å². The lowest BCUT2D eigenvalue weighted by Gasteiger charge is -2.27. The largest absolute Gasteiger partial charge is 0.493 e. The SMILES string of the molecule is COc1ccc(CN(C)c2nc(CN3CCOCC3)nc3sc4c(c23)CCCC4)c(OC)c1OC. The summed E-state index contributed by atoms with van der Waals surface area (Å²) >= 11 is 1.85. The lowest BCUT2D eigenvalue weighted by Crippen LogP contribution is -2.36. The standard InChI is InChI=1S/C26H34N4O4S/c1-29(15-17-9-10-19(31-2)24(33-4)23(17)32-3)25-22-18-7-5-6-8-20(18)35-26(22)28-21(27-25)16-30-11-13-34-14-12-30/h9-10H,5-8,11-16H2,1-4H3. The van der Waals surface area contributed by atoms with E-state index in [1.165, 1.54) is 28.7 Å². The molecule has 9 heteroatoms. The summed E-state index contributed by atoms with van der Waals surface area (Å²) in [7, 11) is 7.04. The summed E-state index contributed by atoms with van der Waals surface area (Å²) in [5.41, 5.74) is 2.45. The molecule has 0 saturated carbocycles. The van der Waals surface area contributed by atoms with Crippen molar-refractivity contribution in [2.75, 3.05) is 59.6 Å². The van der Waals surface area contributed by atoms with Gasteiger partial charge in [0.25, 0.3) is 0 Å². The smallest absolute Gasteiger partial charge is 0.203 e. The summed E-state index contributed by atoms with van der Waals surface area (Å²) < 4.78 is 22.4. The predicted octanol–water partition coefficient (Wildman–Crippen LogP) is 4.06. The van der Waals surface area contributed by atoms with E-state index in [0.29, 0.717) is 23.8 Å². The molecule has 1 aromatic carbocycles. The van der Waals surface area contributed by atoms with Crippen LogP contribution in [0, 0.1) is 0 Å². The van der Waals surface area contributed by atoms with Gasteiger partial charge in [-0.2, -0.15) is 0 Å². The molecule has 1 fully saturated rings. The molecule has 8 nitrogen and oxygen atoms in total. The topological polar surface area (TPSA) is 69.2 Å². The number of fused-ring (bicyclic) bond motifs is 3. The highest BCUT2D eigenvalue weighted by Gasteiger charge is 2.25. The van der Waals surface area contributed by atoms with Crippen LogP contribution in [0.4, 0.5) is 5.82 Å². The van der Waals surface area contributed by atoms with E-state index < -0.39 is 0 Å². The highest BCUT2D eigenvalue weighted by molar-refractivity contribution is 7.19. The number of methoxy groups -OCH3 is 3. The molecule has 2 aromatic heterocycles. The second-order valence-electron chi connectivity index (χ2n) is 9.09. The molecule has 188 valence electrons. The monoisotopic (exact) mass is 498 g/mol. The van der Waals surface area contributed by atoms with Crippen molar-refractivity contribution in [2.45, 2.75) is 38.8 Å². The van der Waals surface area contributed by atoms with E-state index in [4.69, 9.17) is 28.9 Å². The van der Waals surface area contributed by atoms with Gasteiger partial charge in [0.2, 0.25) is 5.75 Å². The molecule has 1 saturated heterocycles. The van der Waals surface area contributed by atoms with Crippen LogP contribution in [0.1, 0.15) is 34.7 Å². The molecule has 2 aliphatic rings. The molecule has 0 bridgehead atoms. The van der Waals surface area contributed by atoms with Gasteiger partial charge >= 0.3 is 0 Å². The summed E-state index contributed by atoms with van der Waals surface area (Å²) in [5, 5.41) is 1.22. The Hall–Kier alpha value is -2.62. The van der Waals surface area contributed by atoms with Crippen molar-refractivity contribution >= 4 is 27.4 Å².